The molecule has 1 aromatic heterocycles. The van der Waals surface area contributed by atoms with E-state index in [1.54, 1.807) is 11.8 Å². The van der Waals surface area contributed by atoms with Crippen molar-refractivity contribution in [2.24, 2.45) is 5.92 Å². The summed E-state index contributed by atoms with van der Waals surface area (Å²) in [4.78, 5) is 12.6. The number of hydrogen-bond acceptors (Lipinski definition) is 6. The van der Waals surface area contributed by atoms with E-state index in [4.69, 9.17) is 9.47 Å². The van der Waals surface area contributed by atoms with Gasteiger partial charge in [-0.2, -0.15) is 0 Å². The lowest BCUT2D eigenvalue weighted by Crippen LogP contribution is -2.34. The highest BCUT2D eigenvalue weighted by Crippen LogP contribution is 2.34. The zero-order valence-corrected chi connectivity index (χ0v) is 16.2. The Kier molecular flexibility index (Phi) is 5.76. The molecular formula is C20H27N5O3. The van der Waals surface area contributed by atoms with Gasteiger partial charge in [-0.25, -0.2) is 4.68 Å². The van der Waals surface area contributed by atoms with Crippen LogP contribution in [0.4, 0.5) is 0 Å². The van der Waals surface area contributed by atoms with Crippen LogP contribution in [-0.4, -0.2) is 47.7 Å². The number of nitrogens with zero attached hydrogens (tertiary/aromatic N) is 3. The number of hydrogen-bond donors (Lipinski definition) is 2. The lowest BCUT2D eigenvalue weighted by molar-refractivity contribution is -0.122. The van der Waals surface area contributed by atoms with Crippen LogP contribution in [-0.2, 0) is 17.8 Å². The van der Waals surface area contributed by atoms with Crippen molar-refractivity contribution in [1.29, 1.82) is 0 Å². The fourth-order valence-electron chi connectivity index (χ4n) is 3.93. The van der Waals surface area contributed by atoms with Crippen LogP contribution < -0.4 is 20.1 Å². The van der Waals surface area contributed by atoms with Gasteiger partial charge in [-0.15, -0.1) is 5.10 Å². The number of fused-ring (bicyclic) bond motifs is 1. The molecule has 1 aromatic carbocycles. The first-order valence-corrected chi connectivity index (χ1v) is 9.91. The molecule has 1 fully saturated rings. The third-order valence-electron chi connectivity index (χ3n) is 5.44. The minimum absolute atomic E-state index is 0.0843. The molecule has 3 heterocycles. The number of rotatable bonds is 6. The highest BCUT2D eigenvalue weighted by molar-refractivity contribution is 5.76. The van der Waals surface area contributed by atoms with Gasteiger partial charge in [0.15, 0.2) is 0 Å². The second-order valence-electron chi connectivity index (χ2n) is 7.47. The summed E-state index contributed by atoms with van der Waals surface area (Å²) in [6, 6.07) is 5.58. The Bertz CT molecular complexity index is 816. The summed E-state index contributed by atoms with van der Waals surface area (Å²) in [5.41, 5.74) is 1.91. The summed E-state index contributed by atoms with van der Waals surface area (Å²) in [7, 11) is 1.63. The lowest BCUT2D eigenvalue weighted by Gasteiger charge is -2.27. The summed E-state index contributed by atoms with van der Waals surface area (Å²) >= 11 is 0. The maximum absolute atomic E-state index is 12.6. The minimum Gasteiger partial charge on any atom is -0.497 e. The highest BCUT2D eigenvalue weighted by Gasteiger charge is 2.24. The zero-order chi connectivity index (χ0) is 19.3. The molecule has 2 N–H and O–H groups in total. The molecule has 1 amide bonds. The molecule has 2 aromatic rings. The number of aromatic nitrogens is 3. The van der Waals surface area contributed by atoms with Crippen molar-refractivity contribution < 1.29 is 14.3 Å². The fourth-order valence-corrected chi connectivity index (χ4v) is 3.93. The molecule has 8 nitrogen and oxygen atoms in total. The third kappa shape index (κ3) is 4.44. The standard InChI is InChI=1S/C20H27N5O3/c1-27-16-2-3-19-17(11-16)18(6-9-28-19)22-20(26)13-25-12-15(23-24-25)10-14-4-7-21-8-5-14/h2-3,11-12,14,18,21H,4-10,13H2,1H3,(H,22,26). The van der Waals surface area contributed by atoms with E-state index in [1.807, 2.05) is 24.4 Å². The van der Waals surface area contributed by atoms with Gasteiger partial charge in [-0.1, -0.05) is 5.21 Å². The number of amides is 1. The van der Waals surface area contributed by atoms with Crippen molar-refractivity contribution in [2.75, 3.05) is 26.8 Å². The molecule has 28 heavy (non-hydrogen) atoms. The van der Waals surface area contributed by atoms with Crippen molar-refractivity contribution in [3.05, 3.63) is 35.7 Å². The van der Waals surface area contributed by atoms with Gasteiger partial charge in [0.1, 0.15) is 18.0 Å². The first kappa shape index (κ1) is 18.7. The smallest absolute Gasteiger partial charge is 0.242 e. The van der Waals surface area contributed by atoms with Crippen molar-refractivity contribution in [1.82, 2.24) is 25.6 Å². The molecule has 0 spiro atoms. The molecule has 0 aliphatic carbocycles. The van der Waals surface area contributed by atoms with Crippen LogP contribution in [0, 0.1) is 5.92 Å². The Morgan fingerprint density at radius 1 is 1.36 bits per heavy atom. The molecular weight excluding hydrogens is 358 g/mol. The molecule has 4 rings (SSSR count). The Balaban J connectivity index is 1.35. The van der Waals surface area contributed by atoms with Crippen molar-refractivity contribution in [3.63, 3.8) is 0 Å². The maximum atomic E-state index is 12.6. The second-order valence-corrected chi connectivity index (χ2v) is 7.47. The van der Waals surface area contributed by atoms with E-state index < -0.39 is 0 Å². The first-order chi connectivity index (χ1) is 13.7. The van der Waals surface area contributed by atoms with Crippen LogP contribution in [0.25, 0.3) is 0 Å². The van der Waals surface area contributed by atoms with E-state index in [1.165, 1.54) is 12.8 Å². The van der Waals surface area contributed by atoms with Crippen LogP contribution >= 0.6 is 0 Å². The minimum atomic E-state index is -0.0934. The molecule has 0 bridgehead atoms. The van der Waals surface area contributed by atoms with Crippen molar-refractivity contribution in [3.8, 4) is 11.5 Å². The zero-order valence-electron chi connectivity index (χ0n) is 16.2. The van der Waals surface area contributed by atoms with Crippen LogP contribution in [0.2, 0.25) is 0 Å². The Labute approximate surface area is 164 Å². The predicted octanol–water partition coefficient (Wildman–Crippen LogP) is 1.47. The number of carbonyl (C=O) groups is 1. The van der Waals surface area contributed by atoms with Crippen molar-refractivity contribution in [2.45, 2.75) is 38.3 Å². The van der Waals surface area contributed by atoms with Gasteiger partial charge in [0.05, 0.1) is 25.5 Å². The topological polar surface area (TPSA) is 90.3 Å². The van der Waals surface area contributed by atoms with E-state index in [2.05, 4.69) is 20.9 Å². The van der Waals surface area contributed by atoms with Crippen LogP contribution in [0.1, 0.15) is 36.6 Å². The van der Waals surface area contributed by atoms with Gasteiger partial charge in [0.25, 0.3) is 0 Å². The Morgan fingerprint density at radius 2 is 2.21 bits per heavy atom. The molecule has 2 aliphatic heterocycles. The number of methoxy groups -OCH3 is 1. The number of carbonyl (C=O) groups excluding carboxylic acids is 1. The molecule has 1 saturated heterocycles. The Hall–Kier alpha value is -2.61. The maximum Gasteiger partial charge on any atom is 0.242 e. The van der Waals surface area contributed by atoms with Crippen LogP contribution in [0.3, 0.4) is 0 Å². The Morgan fingerprint density at radius 3 is 3.04 bits per heavy atom. The highest BCUT2D eigenvalue weighted by atomic mass is 16.5. The number of piperidine rings is 1. The van der Waals surface area contributed by atoms with Gasteiger partial charge < -0.3 is 20.1 Å². The van der Waals surface area contributed by atoms with E-state index in [0.717, 1.165) is 48.7 Å². The van der Waals surface area contributed by atoms with Gasteiger partial charge in [-0.3, -0.25) is 4.79 Å². The molecule has 0 saturated carbocycles. The van der Waals surface area contributed by atoms with E-state index in [9.17, 15) is 4.79 Å². The predicted molar refractivity (Wildman–Crippen MR) is 103 cm³/mol. The summed E-state index contributed by atoms with van der Waals surface area (Å²) in [5.74, 6) is 2.11. The van der Waals surface area contributed by atoms with Gasteiger partial charge in [0.2, 0.25) is 5.91 Å². The van der Waals surface area contributed by atoms with Crippen LogP contribution in [0.5, 0.6) is 11.5 Å². The molecule has 1 unspecified atom stereocenters. The summed E-state index contributed by atoms with van der Waals surface area (Å²) in [6.07, 6.45) is 5.88. The van der Waals surface area contributed by atoms with Crippen molar-refractivity contribution >= 4 is 5.91 Å². The van der Waals surface area contributed by atoms with Gasteiger partial charge in [0, 0.05) is 18.2 Å². The molecule has 0 radical (unpaired) electrons. The summed E-state index contributed by atoms with van der Waals surface area (Å²) in [5, 5.41) is 14.8. The largest absolute Gasteiger partial charge is 0.497 e. The fraction of sp³-hybridized carbons (Fsp3) is 0.550. The molecule has 2 aliphatic rings. The lowest BCUT2D eigenvalue weighted by atomic mass is 9.93. The monoisotopic (exact) mass is 385 g/mol. The van der Waals surface area contributed by atoms with Crippen LogP contribution in [0.15, 0.2) is 24.4 Å². The number of nitrogens with one attached hydrogen (secondary N) is 2. The number of benzene rings is 1. The SMILES string of the molecule is COc1ccc2c(c1)C(NC(=O)Cn1cc(CC3CCNCC3)nn1)CCO2. The quantitative estimate of drug-likeness (QED) is 0.783. The molecule has 150 valence electrons. The van der Waals surface area contributed by atoms with E-state index in [-0.39, 0.29) is 18.5 Å². The number of ether oxygens (including phenoxy) is 2. The summed E-state index contributed by atoms with van der Waals surface area (Å²) in [6.45, 7) is 2.88. The normalized spacial score (nSPS) is 19.5. The van der Waals surface area contributed by atoms with E-state index in [0.29, 0.717) is 12.5 Å². The average molecular weight is 385 g/mol. The summed E-state index contributed by atoms with van der Waals surface area (Å²) < 4.78 is 12.6. The average Bonchev–Trinajstić information content (AvgIpc) is 3.15. The van der Waals surface area contributed by atoms with Gasteiger partial charge in [-0.05, 0) is 56.5 Å². The third-order valence-corrected chi connectivity index (χ3v) is 5.44. The molecule has 1 atom stereocenters. The van der Waals surface area contributed by atoms with Gasteiger partial charge >= 0.3 is 0 Å². The first-order valence-electron chi connectivity index (χ1n) is 9.91. The van der Waals surface area contributed by atoms with E-state index >= 15 is 0 Å². The molecule has 8 heteroatoms. The second kappa shape index (κ2) is 8.60.